The van der Waals surface area contributed by atoms with Crippen LogP contribution >= 0.6 is 12.4 Å². The Bertz CT molecular complexity index is 698. The molecule has 0 spiro atoms. The van der Waals surface area contributed by atoms with E-state index < -0.39 is 0 Å². The third kappa shape index (κ3) is 6.06. The molecule has 0 bridgehead atoms. The maximum Gasteiger partial charge on any atom is 0.254 e. The first-order valence-electron chi connectivity index (χ1n) is 9.58. The minimum Gasteiger partial charge on any atom is -0.352 e. The number of aromatic nitrogens is 2. The fraction of sp³-hybridized carbons (Fsp3) is 0.500. The molecule has 1 amide bonds. The van der Waals surface area contributed by atoms with Crippen LogP contribution in [0.1, 0.15) is 35.0 Å². The van der Waals surface area contributed by atoms with Gasteiger partial charge in [-0.2, -0.15) is 5.10 Å². The number of nitrogens with one attached hydrogen (secondary N) is 2. The maximum absolute atomic E-state index is 12.6. The molecule has 1 aromatic heterocycles. The van der Waals surface area contributed by atoms with Crippen molar-refractivity contribution in [1.29, 1.82) is 0 Å². The Morgan fingerprint density at radius 1 is 1.22 bits per heavy atom. The first-order chi connectivity index (χ1) is 12.8. The van der Waals surface area contributed by atoms with E-state index in [1.807, 2.05) is 22.9 Å². The first kappa shape index (κ1) is 21.4. The van der Waals surface area contributed by atoms with E-state index in [0.717, 1.165) is 51.3 Å². The van der Waals surface area contributed by atoms with Crippen molar-refractivity contribution in [3.63, 3.8) is 0 Å². The number of nitrogens with zero attached hydrogens (tertiary/aromatic N) is 3. The van der Waals surface area contributed by atoms with Gasteiger partial charge in [0.2, 0.25) is 0 Å². The van der Waals surface area contributed by atoms with E-state index in [1.165, 1.54) is 5.56 Å². The second kappa shape index (κ2) is 11.1. The molecule has 0 aliphatic carbocycles. The summed E-state index contributed by atoms with van der Waals surface area (Å²) in [6.07, 6.45) is 3.47. The Balaban J connectivity index is 0.00000261. The number of rotatable bonds is 8. The highest BCUT2D eigenvalue weighted by molar-refractivity contribution is 5.95. The van der Waals surface area contributed by atoms with Crippen LogP contribution in [0, 0.1) is 0 Å². The lowest BCUT2D eigenvalue weighted by atomic mass is 10.1. The van der Waals surface area contributed by atoms with Crippen LogP contribution in [0.5, 0.6) is 0 Å². The number of hydrogen-bond acceptors (Lipinski definition) is 4. The molecule has 2 N–H and O–H groups in total. The van der Waals surface area contributed by atoms with Crippen LogP contribution in [-0.2, 0) is 13.0 Å². The topological polar surface area (TPSA) is 62.2 Å². The highest BCUT2D eigenvalue weighted by Crippen LogP contribution is 2.12. The van der Waals surface area contributed by atoms with Crippen LogP contribution < -0.4 is 10.6 Å². The lowest BCUT2D eigenvalue weighted by molar-refractivity contribution is 0.0950. The molecule has 6 nitrogen and oxygen atoms in total. The molecule has 27 heavy (non-hydrogen) atoms. The van der Waals surface area contributed by atoms with E-state index in [4.69, 9.17) is 0 Å². The molecule has 0 atom stereocenters. The Morgan fingerprint density at radius 2 is 1.96 bits per heavy atom. The highest BCUT2D eigenvalue weighted by atomic mass is 35.5. The van der Waals surface area contributed by atoms with E-state index in [-0.39, 0.29) is 18.3 Å². The Hall–Kier alpha value is -1.89. The molecule has 3 rings (SSSR count). The SMILES string of the molecule is CCc1c(C(=O)NCCCN2CCNCC2)cnn1Cc1ccccc1.Cl. The van der Waals surface area contributed by atoms with Gasteiger partial charge in [0, 0.05) is 32.7 Å². The highest BCUT2D eigenvalue weighted by Gasteiger charge is 2.16. The van der Waals surface area contributed by atoms with Crippen LogP contribution in [0.3, 0.4) is 0 Å². The molecule has 0 saturated carbocycles. The lowest BCUT2D eigenvalue weighted by Gasteiger charge is -2.27. The van der Waals surface area contributed by atoms with Crippen LogP contribution in [-0.4, -0.2) is 59.9 Å². The zero-order chi connectivity index (χ0) is 18.2. The molecule has 7 heteroatoms. The van der Waals surface area contributed by atoms with Crippen molar-refractivity contribution in [2.45, 2.75) is 26.3 Å². The Morgan fingerprint density at radius 3 is 2.67 bits per heavy atom. The second-order valence-corrected chi connectivity index (χ2v) is 6.70. The first-order valence-corrected chi connectivity index (χ1v) is 9.58. The van der Waals surface area contributed by atoms with Gasteiger partial charge in [0.05, 0.1) is 24.0 Å². The molecule has 1 saturated heterocycles. The van der Waals surface area contributed by atoms with Gasteiger partial charge in [0.15, 0.2) is 0 Å². The van der Waals surface area contributed by atoms with Crippen LogP contribution in [0.15, 0.2) is 36.5 Å². The molecule has 2 heterocycles. The molecule has 1 aliphatic rings. The van der Waals surface area contributed by atoms with Crippen molar-refractivity contribution in [3.8, 4) is 0 Å². The van der Waals surface area contributed by atoms with E-state index in [1.54, 1.807) is 6.20 Å². The number of carbonyl (C=O) groups excluding carboxylic acids is 1. The predicted molar refractivity (Wildman–Crippen MR) is 111 cm³/mol. The summed E-state index contributed by atoms with van der Waals surface area (Å²) < 4.78 is 1.94. The summed E-state index contributed by atoms with van der Waals surface area (Å²) in [5.41, 5.74) is 2.88. The van der Waals surface area contributed by atoms with Gasteiger partial charge in [0.1, 0.15) is 0 Å². The molecule has 1 fully saturated rings. The number of carbonyl (C=O) groups is 1. The summed E-state index contributed by atoms with van der Waals surface area (Å²) in [6.45, 7) is 8.83. The van der Waals surface area contributed by atoms with Crippen molar-refractivity contribution in [1.82, 2.24) is 25.3 Å². The van der Waals surface area contributed by atoms with E-state index in [0.29, 0.717) is 18.7 Å². The molecule has 1 aliphatic heterocycles. The second-order valence-electron chi connectivity index (χ2n) is 6.70. The summed E-state index contributed by atoms with van der Waals surface area (Å²) >= 11 is 0. The van der Waals surface area contributed by atoms with Gasteiger partial charge < -0.3 is 15.5 Å². The quantitative estimate of drug-likeness (QED) is 0.675. The average Bonchev–Trinajstić information content (AvgIpc) is 3.09. The fourth-order valence-corrected chi connectivity index (χ4v) is 3.40. The van der Waals surface area contributed by atoms with E-state index >= 15 is 0 Å². The molecular weight excluding hydrogens is 362 g/mol. The van der Waals surface area contributed by atoms with Crippen molar-refractivity contribution < 1.29 is 4.79 Å². The molecule has 1 aromatic carbocycles. The van der Waals surface area contributed by atoms with Gasteiger partial charge in [-0.3, -0.25) is 9.48 Å². The number of benzene rings is 1. The van der Waals surface area contributed by atoms with Gasteiger partial charge in [-0.1, -0.05) is 37.3 Å². The molecule has 2 aromatic rings. The Kier molecular flexibility index (Phi) is 8.78. The van der Waals surface area contributed by atoms with Crippen molar-refractivity contribution in [2.75, 3.05) is 39.3 Å². The van der Waals surface area contributed by atoms with Gasteiger partial charge in [-0.05, 0) is 24.9 Å². The van der Waals surface area contributed by atoms with Gasteiger partial charge in [-0.15, -0.1) is 12.4 Å². The predicted octanol–water partition coefficient (Wildman–Crippen LogP) is 1.94. The molecule has 0 radical (unpaired) electrons. The van der Waals surface area contributed by atoms with Crippen molar-refractivity contribution in [3.05, 3.63) is 53.3 Å². The lowest BCUT2D eigenvalue weighted by Crippen LogP contribution is -2.44. The zero-order valence-electron chi connectivity index (χ0n) is 16.0. The smallest absolute Gasteiger partial charge is 0.254 e. The Labute approximate surface area is 167 Å². The van der Waals surface area contributed by atoms with E-state index in [9.17, 15) is 4.79 Å². The van der Waals surface area contributed by atoms with Crippen LogP contribution in [0.25, 0.3) is 0 Å². The molecular formula is C20H30ClN5O. The summed E-state index contributed by atoms with van der Waals surface area (Å²) in [6, 6.07) is 10.2. The summed E-state index contributed by atoms with van der Waals surface area (Å²) in [5, 5.41) is 10.9. The third-order valence-electron chi connectivity index (χ3n) is 4.85. The van der Waals surface area contributed by atoms with Crippen LogP contribution in [0.4, 0.5) is 0 Å². The number of piperazine rings is 1. The average molecular weight is 392 g/mol. The van der Waals surface area contributed by atoms with Crippen LogP contribution in [0.2, 0.25) is 0 Å². The summed E-state index contributed by atoms with van der Waals surface area (Å²) in [4.78, 5) is 15.0. The number of hydrogen-bond donors (Lipinski definition) is 2. The normalized spacial score (nSPS) is 14.6. The van der Waals surface area contributed by atoms with E-state index in [2.05, 4.69) is 39.7 Å². The monoisotopic (exact) mass is 391 g/mol. The standard InChI is InChI=1S/C20H29N5O.ClH/c1-2-19-18(15-23-25(19)16-17-7-4-3-5-8-17)20(26)22-9-6-12-24-13-10-21-11-14-24;/h3-5,7-8,15,21H,2,6,9-14,16H2,1H3,(H,22,26);1H. The zero-order valence-corrected chi connectivity index (χ0v) is 16.8. The number of amides is 1. The van der Waals surface area contributed by atoms with Gasteiger partial charge in [-0.25, -0.2) is 0 Å². The molecule has 0 unspecified atom stereocenters. The largest absolute Gasteiger partial charge is 0.352 e. The van der Waals surface area contributed by atoms with Gasteiger partial charge in [0.25, 0.3) is 5.91 Å². The molecule has 148 valence electrons. The number of halogens is 1. The summed E-state index contributed by atoms with van der Waals surface area (Å²) in [5.74, 6) is -0.0125. The minimum absolute atomic E-state index is 0. The summed E-state index contributed by atoms with van der Waals surface area (Å²) in [7, 11) is 0. The third-order valence-corrected chi connectivity index (χ3v) is 4.85. The fourth-order valence-electron chi connectivity index (χ4n) is 3.40. The van der Waals surface area contributed by atoms with Crippen molar-refractivity contribution in [2.24, 2.45) is 0 Å². The maximum atomic E-state index is 12.6. The van der Waals surface area contributed by atoms with Gasteiger partial charge >= 0.3 is 0 Å². The van der Waals surface area contributed by atoms with Crippen molar-refractivity contribution >= 4 is 18.3 Å². The minimum atomic E-state index is -0.0125.